The van der Waals surface area contributed by atoms with Gasteiger partial charge in [-0.25, -0.2) is 4.39 Å². The van der Waals surface area contributed by atoms with Crippen LogP contribution < -0.4 is 15.4 Å². The number of hydrogen-bond acceptors (Lipinski definition) is 3. The van der Waals surface area contributed by atoms with Crippen LogP contribution in [0.25, 0.3) is 0 Å². The minimum Gasteiger partial charge on any atom is -0.492 e. The molecule has 2 N–H and O–H groups in total. The van der Waals surface area contributed by atoms with Crippen molar-refractivity contribution >= 4 is 29.9 Å². The molecule has 0 amide bonds. The van der Waals surface area contributed by atoms with Gasteiger partial charge in [-0.15, -0.1) is 24.0 Å². The Bertz CT molecular complexity index is 798. The molecule has 0 heterocycles. The SMILES string of the molecule is CN=C(NCc1cccc(OCCN(C)C)c1)NC(C)c1ccc(C)c(F)c1.I. The van der Waals surface area contributed by atoms with E-state index in [9.17, 15) is 4.39 Å². The van der Waals surface area contributed by atoms with Crippen molar-refractivity contribution in [3.63, 3.8) is 0 Å². The Hall–Kier alpha value is -1.87. The molecule has 0 saturated heterocycles. The summed E-state index contributed by atoms with van der Waals surface area (Å²) in [5, 5.41) is 6.59. The summed E-state index contributed by atoms with van der Waals surface area (Å²) in [6.07, 6.45) is 0. The number of likely N-dealkylation sites (N-methyl/N-ethyl adjacent to an activating group) is 1. The van der Waals surface area contributed by atoms with Gasteiger partial charge < -0.3 is 20.3 Å². The normalized spacial score (nSPS) is 12.3. The Kier molecular flexibility index (Phi) is 11.0. The van der Waals surface area contributed by atoms with Crippen molar-refractivity contribution in [1.29, 1.82) is 0 Å². The predicted octanol–water partition coefficient (Wildman–Crippen LogP) is 4.12. The molecule has 0 aliphatic carbocycles. The average Bonchev–Trinajstić information content (AvgIpc) is 2.67. The maximum atomic E-state index is 13.8. The molecule has 0 aliphatic rings. The van der Waals surface area contributed by atoms with Crippen molar-refractivity contribution in [2.24, 2.45) is 4.99 Å². The van der Waals surface area contributed by atoms with Gasteiger partial charge in [0.15, 0.2) is 5.96 Å². The molecule has 0 aliphatic heterocycles. The quantitative estimate of drug-likeness (QED) is 0.316. The molecule has 5 nitrogen and oxygen atoms in total. The fourth-order valence-corrected chi connectivity index (χ4v) is 2.64. The molecule has 160 valence electrons. The Morgan fingerprint density at radius 2 is 1.97 bits per heavy atom. The zero-order valence-corrected chi connectivity index (χ0v) is 20.2. The van der Waals surface area contributed by atoms with Crippen LogP contribution in [0, 0.1) is 12.7 Å². The highest BCUT2D eigenvalue weighted by molar-refractivity contribution is 14.0. The van der Waals surface area contributed by atoms with Crippen molar-refractivity contribution in [3.8, 4) is 5.75 Å². The largest absolute Gasteiger partial charge is 0.492 e. The molecule has 7 heteroatoms. The monoisotopic (exact) mass is 514 g/mol. The van der Waals surface area contributed by atoms with E-state index in [2.05, 4.69) is 20.5 Å². The van der Waals surface area contributed by atoms with E-state index in [1.54, 1.807) is 26.1 Å². The number of aliphatic imine (C=N–C) groups is 1. The second-order valence-corrected chi connectivity index (χ2v) is 7.10. The average molecular weight is 514 g/mol. The number of guanidine groups is 1. The number of aryl methyl sites for hydroxylation is 1. The van der Waals surface area contributed by atoms with Crippen molar-refractivity contribution < 1.29 is 9.13 Å². The van der Waals surface area contributed by atoms with E-state index in [1.165, 1.54) is 0 Å². The first-order chi connectivity index (χ1) is 13.4. The van der Waals surface area contributed by atoms with Crippen LogP contribution >= 0.6 is 24.0 Å². The van der Waals surface area contributed by atoms with Crippen LogP contribution in [0.4, 0.5) is 4.39 Å². The van der Waals surface area contributed by atoms with Crippen molar-refractivity contribution in [3.05, 3.63) is 65.0 Å². The fourth-order valence-electron chi connectivity index (χ4n) is 2.64. The number of nitrogens with zero attached hydrogens (tertiary/aromatic N) is 2. The molecule has 2 rings (SSSR count). The first-order valence-electron chi connectivity index (χ1n) is 9.48. The first-order valence-corrected chi connectivity index (χ1v) is 9.48. The molecule has 0 spiro atoms. The molecule has 0 aromatic heterocycles. The van der Waals surface area contributed by atoms with Crippen LogP contribution in [0.3, 0.4) is 0 Å². The van der Waals surface area contributed by atoms with E-state index in [0.717, 1.165) is 23.4 Å². The number of halogens is 2. The van der Waals surface area contributed by atoms with Gasteiger partial charge in [-0.05, 0) is 62.8 Å². The third kappa shape index (κ3) is 8.57. The van der Waals surface area contributed by atoms with Crippen molar-refractivity contribution in [2.75, 3.05) is 34.3 Å². The fraction of sp³-hybridized carbons (Fsp3) is 0.409. The second-order valence-electron chi connectivity index (χ2n) is 7.10. The molecule has 1 atom stereocenters. The van der Waals surface area contributed by atoms with Gasteiger partial charge in [0, 0.05) is 20.1 Å². The molecule has 2 aromatic rings. The highest BCUT2D eigenvalue weighted by atomic mass is 127. The first kappa shape index (κ1) is 25.2. The van der Waals surface area contributed by atoms with E-state index in [1.807, 2.05) is 51.4 Å². The number of rotatable bonds is 8. The van der Waals surface area contributed by atoms with E-state index in [0.29, 0.717) is 24.7 Å². The van der Waals surface area contributed by atoms with Crippen molar-refractivity contribution in [1.82, 2.24) is 15.5 Å². The zero-order chi connectivity index (χ0) is 20.5. The van der Waals surface area contributed by atoms with Gasteiger partial charge in [0.1, 0.15) is 18.2 Å². The van der Waals surface area contributed by atoms with Gasteiger partial charge in [-0.2, -0.15) is 0 Å². The minimum atomic E-state index is -0.194. The molecular formula is C22H32FIN4O. The van der Waals surface area contributed by atoms with Gasteiger partial charge in [0.2, 0.25) is 0 Å². The van der Waals surface area contributed by atoms with Gasteiger partial charge >= 0.3 is 0 Å². The third-order valence-corrected chi connectivity index (χ3v) is 4.44. The van der Waals surface area contributed by atoms with Gasteiger partial charge in [0.05, 0.1) is 6.04 Å². The van der Waals surface area contributed by atoms with E-state index < -0.39 is 0 Å². The second kappa shape index (κ2) is 12.6. The Labute approximate surface area is 190 Å². The number of ether oxygens (including phenoxy) is 1. The van der Waals surface area contributed by atoms with Crippen LogP contribution in [0.5, 0.6) is 5.75 Å². The number of nitrogens with one attached hydrogen (secondary N) is 2. The summed E-state index contributed by atoms with van der Waals surface area (Å²) in [6, 6.07) is 13.2. The molecule has 2 aromatic carbocycles. The maximum Gasteiger partial charge on any atom is 0.191 e. The van der Waals surface area contributed by atoms with Crippen LogP contribution in [-0.4, -0.2) is 45.2 Å². The van der Waals surface area contributed by atoms with Gasteiger partial charge in [-0.3, -0.25) is 4.99 Å². The summed E-state index contributed by atoms with van der Waals surface area (Å²) < 4.78 is 19.6. The number of benzene rings is 2. The smallest absolute Gasteiger partial charge is 0.191 e. The lowest BCUT2D eigenvalue weighted by atomic mass is 10.1. The van der Waals surface area contributed by atoms with Crippen LogP contribution in [0.2, 0.25) is 0 Å². The summed E-state index contributed by atoms with van der Waals surface area (Å²) in [5.41, 5.74) is 2.62. The van der Waals surface area contributed by atoms with Crippen LogP contribution in [0.15, 0.2) is 47.5 Å². The predicted molar refractivity (Wildman–Crippen MR) is 129 cm³/mol. The van der Waals surface area contributed by atoms with Gasteiger partial charge in [-0.1, -0.05) is 24.3 Å². The summed E-state index contributed by atoms with van der Waals surface area (Å²) in [7, 11) is 5.77. The standard InChI is InChI=1S/C22H31FN4O.HI/c1-16-9-10-19(14-21(16)23)17(2)26-22(24-3)25-15-18-7-6-8-20(13-18)28-12-11-27(4)5;/h6-10,13-14,17H,11-12,15H2,1-5H3,(H2,24,25,26);1H. The Balaban J connectivity index is 0.00000420. The molecule has 0 saturated carbocycles. The molecule has 29 heavy (non-hydrogen) atoms. The summed E-state index contributed by atoms with van der Waals surface area (Å²) >= 11 is 0. The van der Waals surface area contributed by atoms with Crippen molar-refractivity contribution in [2.45, 2.75) is 26.4 Å². The Morgan fingerprint density at radius 3 is 2.62 bits per heavy atom. The molecule has 0 fully saturated rings. The van der Waals surface area contributed by atoms with E-state index >= 15 is 0 Å². The summed E-state index contributed by atoms with van der Waals surface area (Å²) in [6.45, 7) is 5.88. The molecule has 0 bridgehead atoms. The summed E-state index contributed by atoms with van der Waals surface area (Å²) in [5.74, 6) is 1.32. The van der Waals surface area contributed by atoms with Crippen LogP contribution in [-0.2, 0) is 6.54 Å². The highest BCUT2D eigenvalue weighted by Crippen LogP contribution is 2.16. The summed E-state index contributed by atoms with van der Waals surface area (Å²) in [4.78, 5) is 6.35. The Morgan fingerprint density at radius 1 is 1.21 bits per heavy atom. The van der Waals surface area contributed by atoms with E-state index in [-0.39, 0.29) is 35.8 Å². The third-order valence-electron chi connectivity index (χ3n) is 4.44. The lowest BCUT2D eigenvalue weighted by Crippen LogP contribution is -2.38. The van der Waals surface area contributed by atoms with Crippen LogP contribution in [0.1, 0.15) is 29.7 Å². The lowest BCUT2D eigenvalue weighted by Gasteiger charge is -2.19. The number of hydrogen-bond donors (Lipinski definition) is 2. The molecule has 1 unspecified atom stereocenters. The van der Waals surface area contributed by atoms with E-state index in [4.69, 9.17) is 4.74 Å². The zero-order valence-electron chi connectivity index (χ0n) is 17.8. The maximum absolute atomic E-state index is 13.8. The minimum absolute atomic E-state index is 0. The van der Waals surface area contributed by atoms with Gasteiger partial charge in [0.25, 0.3) is 0 Å². The molecule has 0 radical (unpaired) electrons. The lowest BCUT2D eigenvalue weighted by molar-refractivity contribution is 0.261. The topological polar surface area (TPSA) is 48.9 Å². The highest BCUT2D eigenvalue weighted by Gasteiger charge is 2.10. The molecular weight excluding hydrogens is 482 g/mol.